The minimum Gasteiger partial charge on any atom is -0.456 e. The van der Waals surface area contributed by atoms with Crippen LogP contribution in [0.1, 0.15) is 106 Å². The number of aryl methyl sites for hydroxylation is 2. The van der Waals surface area contributed by atoms with E-state index in [9.17, 15) is 0 Å². The molecule has 2 spiro atoms. The predicted molar refractivity (Wildman–Crippen MR) is 373 cm³/mol. The average molecular weight is 1160 g/mol. The maximum Gasteiger partial charge on any atom is 0.144 e. The lowest BCUT2D eigenvalue weighted by Gasteiger charge is -2.33. The second-order valence-corrected chi connectivity index (χ2v) is 27.8. The van der Waals surface area contributed by atoms with Gasteiger partial charge in [0.25, 0.3) is 0 Å². The number of anilines is 3. The smallest absolute Gasteiger partial charge is 0.144 e. The first kappa shape index (κ1) is 50.2. The van der Waals surface area contributed by atoms with Crippen molar-refractivity contribution < 1.29 is 8.83 Å². The van der Waals surface area contributed by atoms with Gasteiger partial charge in [-0.05, 0) is 220 Å². The Hall–Kier alpha value is -10.7. The van der Waals surface area contributed by atoms with Gasteiger partial charge >= 0.3 is 0 Å². The SMILES string of the molecule is Cc1cc(C)cc(N(c2ccc3c(c2)C(C)(C)c2c4c(c5oc6ccccc6c5c2-3)-c2ccccc2C4(C)C)c2ccc3c(c2)C2(c4ccccc4-c4ccccc42)c2cc4c(cc2-3)C2(c3ccccc3-c3ccccc32)c2ccc3oc5ccccc5c3c2-4)c1. The number of para-hydroxylation sites is 2. The molecular formula is C88H59NO2. The number of hydrogen-bond donors (Lipinski definition) is 0. The normalized spacial score (nSPS) is 15.7. The molecule has 3 heteroatoms. The van der Waals surface area contributed by atoms with Crippen LogP contribution in [0.5, 0.6) is 0 Å². The number of rotatable bonds is 3. The van der Waals surface area contributed by atoms with E-state index in [2.05, 4.69) is 295 Å². The molecule has 0 bridgehead atoms. The van der Waals surface area contributed by atoms with Crippen LogP contribution in [0.3, 0.4) is 0 Å². The Morgan fingerprint density at radius 2 is 0.714 bits per heavy atom. The van der Waals surface area contributed by atoms with Crippen LogP contribution < -0.4 is 4.90 Å². The highest BCUT2D eigenvalue weighted by molar-refractivity contribution is 6.21. The summed E-state index contributed by atoms with van der Waals surface area (Å²) in [4.78, 5) is 2.56. The topological polar surface area (TPSA) is 29.5 Å². The number of benzene rings is 13. The monoisotopic (exact) mass is 1160 g/mol. The standard InChI is InChI=1S/C88H59NO2/c1-48-41-49(2)43-52(42-48)89(50-36-38-59-70(44-50)86(5,6)82-79(59)80-61-27-13-20-34-75(61)91-84(80)81-58-25-11-14-28-64(58)85(3,4)83(81)82)51-35-37-57-62-46-73-63(47-72(62)88(71(57)45-51)67-31-17-9-23-55(67)56-24-10-18-32-68(56)88)77-69(39-40-76-78(77)60-26-12-19-33-74(60)90-76)87(73)65-29-15-7-21-53(65)54-22-8-16-30-66(54)87/h7-47H,1-6H3. The Labute approximate surface area is 528 Å². The van der Waals surface area contributed by atoms with Crippen LogP contribution >= 0.6 is 0 Å². The molecular weight excluding hydrogens is 1100 g/mol. The Morgan fingerprint density at radius 1 is 0.275 bits per heavy atom. The summed E-state index contributed by atoms with van der Waals surface area (Å²) in [5, 5.41) is 4.70. The summed E-state index contributed by atoms with van der Waals surface area (Å²) in [6, 6.07) is 95.2. The third-order valence-electron chi connectivity index (χ3n) is 22.7. The third kappa shape index (κ3) is 5.81. The molecule has 0 radical (unpaired) electrons. The van der Waals surface area contributed by atoms with Crippen molar-refractivity contribution in [1.82, 2.24) is 0 Å². The van der Waals surface area contributed by atoms with Crippen molar-refractivity contribution in [2.75, 3.05) is 4.90 Å². The fourth-order valence-electron chi connectivity index (χ4n) is 19.4. The van der Waals surface area contributed by atoms with E-state index >= 15 is 0 Å². The molecule has 2 heterocycles. The van der Waals surface area contributed by atoms with E-state index in [-0.39, 0.29) is 10.8 Å². The van der Waals surface area contributed by atoms with Crippen molar-refractivity contribution in [3.05, 3.63) is 327 Å². The lowest BCUT2D eigenvalue weighted by molar-refractivity contribution is 0.600. The summed E-state index contributed by atoms with van der Waals surface area (Å²) in [6.07, 6.45) is 0. The van der Waals surface area contributed by atoms with Crippen LogP contribution in [-0.4, -0.2) is 0 Å². The molecule has 0 fully saturated rings. The van der Waals surface area contributed by atoms with Crippen LogP contribution in [0.25, 0.3) is 111 Å². The molecule has 3 nitrogen and oxygen atoms in total. The lowest BCUT2D eigenvalue weighted by Crippen LogP contribution is -2.27. The van der Waals surface area contributed by atoms with E-state index < -0.39 is 10.8 Å². The van der Waals surface area contributed by atoms with Crippen LogP contribution in [0, 0.1) is 13.8 Å². The highest BCUT2D eigenvalue weighted by atomic mass is 16.3. The van der Waals surface area contributed by atoms with Crippen LogP contribution in [0.4, 0.5) is 17.1 Å². The van der Waals surface area contributed by atoms with Crippen LogP contribution in [0.2, 0.25) is 0 Å². The van der Waals surface area contributed by atoms with Crippen molar-refractivity contribution in [2.24, 2.45) is 0 Å². The Bertz CT molecular complexity index is 5780. The van der Waals surface area contributed by atoms with Crippen molar-refractivity contribution in [3.63, 3.8) is 0 Å². The minimum atomic E-state index is -0.671. The maximum atomic E-state index is 7.11. The van der Waals surface area contributed by atoms with Crippen molar-refractivity contribution in [1.29, 1.82) is 0 Å². The van der Waals surface area contributed by atoms with Gasteiger partial charge in [-0.15, -0.1) is 0 Å². The van der Waals surface area contributed by atoms with Gasteiger partial charge < -0.3 is 13.7 Å². The molecule has 0 atom stereocenters. The molecule has 0 unspecified atom stereocenters. The molecule has 2 aromatic heterocycles. The first-order chi connectivity index (χ1) is 44.5. The van der Waals surface area contributed by atoms with E-state index in [1.807, 2.05) is 0 Å². The number of nitrogens with zero attached hydrogens (tertiary/aromatic N) is 1. The van der Waals surface area contributed by atoms with Gasteiger partial charge in [0.1, 0.15) is 22.3 Å². The summed E-state index contributed by atoms with van der Waals surface area (Å²) in [7, 11) is 0. The highest BCUT2D eigenvalue weighted by Crippen LogP contribution is 2.70. The van der Waals surface area contributed by atoms with E-state index in [1.54, 1.807) is 0 Å². The van der Waals surface area contributed by atoms with E-state index in [0.29, 0.717) is 0 Å². The summed E-state index contributed by atoms with van der Waals surface area (Å²) in [5.74, 6) is 0. The quantitative estimate of drug-likeness (QED) is 0.177. The van der Waals surface area contributed by atoms with Crippen molar-refractivity contribution in [3.8, 4) is 66.8 Å². The van der Waals surface area contributed by atoms with Gasteiger partial charge in [0, 0.05) is 55.0 Å². The molecule has 0 aliphatic heterocycles. The Morgan fingerprint density at radius 3 is 1.34 bits per heavy atom. The maximum absolute atomic E-state index is 7.11. The zero-order valence-corrected chi connectivity index (χ0v) is 51.4. The first-order valence-electron chi connectivity index (χ1n) is 32.3. The molecule has 0 N–H and O–H groups in total. The number of hydrogen-bond acceptors (Lipinski definition) is 3. The van der Waals surface area contributed by atoms with Crippen molar-refractivity contribution in [2.45, 2.75) is 63.2 Å². The van der Waals surface area contributed by atoms with Gasteiger partial charge in [-0.3, -0.25) is 0 Å². The lowest BCUT2D eigenvalue weighted by atomic mass is 9.68. The minimum absolute atomic E-state index is 0.262. The molecule has 13 aromatic carbocycles. The second-order valence-electron chi connectivity index (χ2n) is 27.8. The molecule has 6 aliphatic carbocycles. The van der Waals surface area contributed by atoms with Gasteiger partial charge in [0.2, 0.25) is 0 Å². The van der Waals surface area contributed by atoms with Gasteiger partial charge in [0.05, 0.1) is 10.8 Å². The summed E-state index contributed by atoms with van der Waals surface area (Å²) in [6.45, 7) is 14.3. The third-order valence-corrected chi connectivity index (χ3v) is 22.7. The van der Waals surface area contributed by atoms with Crippen LogP contribution in [0.15, 0.2) is 258 Å². The Balaban J connectivity index is 0.839. The van der Waals surface area contributed by atoms with Crippen LogP contribution in [-0.2, 0) is 21.7 Å². The molecule has 21 rings (SSSR count). The molecule has 0 saturated heterocycles. The van der Waals surface area contributed by atoms with E-state index in [0.717, 1.165) is 50.2 Å². The van der Waals surface area contributed by atoms with E-state index in [4.69, 9.17) is 8.83 Å². The number of fused-ring (bicyclic) bond motifs is 36. The largest absolute Gasteiger partial charge is 0.456 e. The Kier molecular flexibility index (Phi) is 9.23. The molecule has 0 amide bonds. The predicted octanol–water partition coefficient (Wildman–Crippen LogP) is 22.9. The average Bonchev–Trinajstić information content (AvgIpc) is 1.50. The van der Waals surface area contributed by atoms with Gasteiger partial charge in [-0.2, -0.15) is 0 Å². The first-order valence-corrected chi connectivity index (χ1v) is 32.3. The fourth-order valence-corrected chi connectivity index (χ4v) is 19.4. The second kappa shape index (κ2) is 16.7. The molecule has 15 aromatic rings. The summed E-state index contributed by atoms with van der Waals surface area (Å²) >= 11 is 0. The molecule has 428 valence electrons. The van der Waals surface area contributed by atoms with Gasteiger partial charge in [-0.25, -0.2) is 0 Å². The summed E-state index contributed by atoms with van der Waals surface area (Å²) < 4.78 is 14.0. The molecule has 91 heavy (non-hydrogen) atoms. The molecule has 6 aliphatic rings. The highest BCUT2D eigenvalue weighted by Gasteiger charge is 2.57. The number of furan rings is 2. The van der Waals surface area contributed by atoms with Gasteiger partial charge in [-0.1, -0.05) is 210 Å². The fraction of sp³-hybridized carbons (Fsp3) is 0.114. The zero-order chi connectivity index (χ0) is 60.3. The van der Waals surface area contributed by atoms with Crippen molar-refractivity contribution >= 4 is 60.9 Å². The zero-order valence-electron chi connectivity index (χ0n) is 51.4. The summed E-state index contributed by atoms with van der Waals surface area (Å²) in [5.41, 5.74) is 39.0. The molecule has 0 saturated carbocycles. The van der Waals surface area contributed by atoms with E-state index in [1.165, 1.54) is 155 Å². The van der Waals surface area contributed by atoms with Gasteiger partial charge in [0.15, 0.2) is 0 Å².